The van der Waals surface area contributed by atoms with E-state index in [-0.39, 0.29) is 28.0 Å². The summed E-state index contributed by atoms with van der Waals surface area (Å²) in [7, 11) is 1.45. The van der Waals surface area contributed by atoms with E-state index in [2.05, 4.69) is 16.0 Å². The first-order valence-corrected chi connectivity index (χ1v) is 8.57. The normalized spacial score (nSPS) is 10.4. The van der Waals surface area contributed by atoms with Crippen molar-refractivity contribution in [2.75, 3.05) is 17.7 Å². The van der Waals surface area contributed by atoms with Gasteiger partial charge in [-0.05, 0) is 50.2 Å². The van der Waals surface area contributed by atoms with Crippen LogP contribution in [-0.2, 0) is 0 Å². The van der Waals surface area contributed by atoms with Gasteiger partial charge in [-0.25, -0.2) is 4.79 Å². The maximum absolute atomic E-state index is 12.4. The van der Waals surface area contributed by atoms with Crippen molar-refractivity contribution in [3.8, 4) is 5.75 Å². The molecule has 0 aliphatic carbocycles. The summed E-state index contributed by atoms with van der Waals surface area (Å²) in [6, 6.07) is 9.43. The Balaban J connectivity index is 2.05. The van der Waals surface area contributed by atoms with Crippen molar-refractivity contribution in [2.24, 2.45) is 0 Å². The number of carbonyl (C=O) groups is 2. The second-order valence-electron chi connectivity index (χ2n) is 5.76. The maximum atomic E-state index is 12.4. The van der Waals surface area contributed by atoms with Gasteiger partial charge < -0.3 is 20.7 Å². The molecule has 0 aliphatic rings. The van der Waals surface area contributed by atoms with Crippen LogP contribution >= 0.6 is 23.2 Å². The minimum atomic E-state index is -0.366. The highest BCUT2D eigenvalue weighted by molar-refractivity contribution is 6.37. The third-order valence-corrected chi connectivity index (χ3v) is 3.85. The van der Waals surface area contributed by atoms with Crippen LogP contribution in [0.5, 0.6) is 5.75 Å². The van der Waals surface area contributed by atoms with Gasteiger partial charge in [-0.15, -0.1) is 0 Å². The van der Waals surface area contributed by atoms with Crippen molar-refractivity contribution in [1.82, 2.24) is 5.32 Å². The fourth-order valence-electron chi connectivity index (χ4n) is 2.16. The highest BCUT2D eigenvalue weighted by Gasteiger charge is 2.14. The van der Waals surface area contributed by atoms with E-state index in [1.165, 1.54) is 19.2 Å². The molecular formula is C18H19Cl2N3O3. The van der Waals surface area contributed by atoms with Gasteiger partial charge in [0, 0.05) is 23.0 Å². The molecule has 0 saturated carbocycles. The third-order valence-electron chi connectivity index (χ3n) is 3.29. The number of halogens is 2. The summed E-state index contributed by atoms with van der Waals surface area (Å²) in [5.74, 6) is -0.0466. The van der Waals surface area contributed by atoms with Crippen LogP contribution in [0.4, 0.5) is 16.2 Å². The zero-order chi connectivity index (χ0) is 19.3. The first-order valence-electron chi connectivity index (χ1n) is 7.82. The molecule has 2 aromatic rings. The molecule has 0 bridgehead atoms. The topological polar surface area (TPSA) is 79.5 Å². The van der Waals surface area contributed by atoms with Gasteiger partial charge in [0.2, 0.25) is 0 Å². The predicted molar refractivity (Wildman–Crippen MR) is 105 cm³/mol. The summed E-state index contributed by atoms with van der Waals surface area (Å²) in [6.45, 7) is 3.74. The fraction of sp³-hybridized carbons (Fsp3) is 0.222. The van der Waals surface area contributed by atoms with Gasteiger partial charge >= 0.3 is 6.03 Å². The summed E-state index contributed by atoms with van der Waals surface area (Å²) in [5, 5.41) is 8.67. The molecule has 0 radical (unpaired) electrons. The zero-order valence-electron chi connectivity index (χ0n) is 14.5. The van der Waals surface area contributed by atoms with Crippen LogP contribution in [0.25, 0.3) is 0 Å². The summed E-state index contributed by atoms with van der Waals surface area (Å²) in [4.78, 5) is 24.0. The van der Waals surface area contributed by atoms with Crippen LogP contribution in [-0.4, -0.2) is 25.1 Å². The summed E-state index contributed by atoms with van der Waals surface area (Å²) < 4.78 is 5.06. The molecule has 8 heteroatoms. The standard InChI is InChI=1S/C18H19Cl2N3O3/c1-10(2)21-18(25)23-13-6-4-12(5-7-13)22-17(24)11-8-14(19)16(26-3)15(20)9-11/h4-10H,1-3H3,(H,22,24)(H2,21,23,25). The van der Waals surface area contributed by atoms with Crippen LogP contribution in [0.3, 0.4) is 0 Å². The van der Waals surface area contributed by atoms with Gasteiger partial charge in [0.05, 0.1) is 17.2 Å². The van der Waals surface area contributed by atoms with Crippen LogP contribution in [0, 0.1) is 0 Å². The van der Waals surface area contributed by atoms with Crippen LogP contribution in [0.1, 0.15) is 24.2 Å². The van der Waals surface area contributed by atoms with Gasteiger partial charge in [-0.2, -0.15) is 0 Å². The maximum Gasteiger partial charge on any atom is 0.319 e. The smallest absolute Gasteiger partial charge is 0.319 e. The number of urea groups is 1. The fourth-order valence-corrected chi connectivity index (χ4v) is 2.80. The lowest BCUT2D eigenvalue weighted by atomic mass is 10.2. The molecule has 6 nitrogen and oxygen atoms in total. The molecule has 0 unspecified atom stereocenters. The largest absolute Gasteiger partial charge is 0.494 e. The van der Waals surface area contributed by atoms with E-state index in [0.29, 0.717) is 22.7 Å². The molecule has 0 aromatic heterocycles. The third kappa shape index (κ3) is 5.28. The molecule has 2 aromatic carbocycles. The Morgan fingerprint density at radius 1 is 0.962 bits per heavy atom. The van der Waals surface area contributed by atoms with Gasteiger partial charge in [-0.3, -0.25) is 4.79 Å². The summed E-state index contributed by atoms with van der Waals surface area (Å²) in [6.07, 6.45) is 0. The van der Waals surface area contributed by atoms with Gasteiger partial charge in [0.1, 0.15) is 0 Å². The van der Waals surface area contributed by atoms with Gasteiger partial charge in [-0.1, -0.05) is 23.2 Å². The number of methoxy groups -OCH3 is 1. The number of anilines is 2. The average molecular weight is 396 g/mol. The molecular weight excluding hydrogens is 377 g/mol. The molecule has 138 valence electrons. The average Bonchev–Trinajstić information content (AvgIpc) is 2.55. The molecule has 0 fully saturated rings. The van der Waals surface area contributed by atoms with Crippen molar-refractivity contribution in [3.63, 3.8) is 0 Å². The van der Waals surface area contributed by atoms with Gasteiger partial charge in [0.25, 0.3) is 5.91 Å². The van der Waals surface area contributed by atoms with E-state index >= 15 is 0 Å². The molecule has 2 rings (SSSR count). The second-order valence-corrected chi connectivity index (χ2v) is 6.57. The first-order chi connectivity index (χ1) is 12.3. The number of rotatable bonds is 5. The summed E-state index contributed by atoms with van der Waals surface area (Å²) in [5.41, 5.74) is 1.48. The van der Waals surface area contributed by atoms with Gasteiger partial charge in [0.15, 0.2) is 5.75 Å². The van der Waals surface area contributed by atoms with Crippen LogP contribution in [0.15, 0.2) is 36.4 Å². The lowest BCUT2D eigenvalue weighted by Crippen LogP contribution is -2.34. The van der Waals surface area contributed by atoms with E-state index in [9.17, 15) is 9.59 Å². The highest BCUT2D eigenvalue weighted by Crippen LogP contribution is 2.34. The Kier molecular flexibility index (Phi) is 6.71. The van der Waals surface area contributed by atoms with E-state index in [1.807, 2.05) is 13.8 Å². The van der Waals surface area contributed by atoms with Crippen molar-refractivity contribution < 1.29 is 14.3 Å². The van der Waals surface area contributed by atoms with Crippen molar-refractivity contribution >= 4 is 46.5 Å². The molecule has 26 heavy (non-hydrogen) atoms. The molecule has 0 aliphatic heterocycles. The van der Waals surface area contributed by atoms with E-state index in [1.54, 1.807) is 24.3 Å². The molecule has 0 spiro atoms. The number of amides is 3. The molecule has 3 N–H and O–H groups in total. The predicted octanol–water partition coefficient (Wildman–Crippen LogP) is 4.78. The number of benzene rings is 2. The second kappa shape index (κ2) is 8.78. The Bertz CT molecular complexity index is 785. The Hall–Kier alpha value is -2.44. The molecule has 0 saturated heterocycles. The number of nitrogens with one attached hydrogen (secondary N) is 3. The number of hydrogen-bond acceptors (Lipinski definition) is 3. The minimum Gasteiger partial charge on any atom is -0.494 e. The number of carbonyl (C=O) groups excluding carboxylic acids is 2. The molecule has 0 heterocycles. The Morgan fingerprint density at radius 3 is 1.92 bits per heavy atom. The Labute approximate surface area is 161 Å². The zero-order valence-corrected chi connectivity index (χ0v) is 16.0. The number of hydrogen-bond donors (Lipinski definition) is 3. The molecule has 3 amide bonds. The van der Waals surface area contributed by atoms with Crippen molar-refractivity contribution in [2.45, 2.75) is 19.9 Å². The van der Waals surface area contributed by atoms with E-state index in [4.69, 9.17) is 27.9 Å². The molecule has 0 atom stereocenters. The summed E-state index contributed by atoms with van der Waals surface area (Å²) >= 11 is 12.1. The lowest BCUT2D eigenvalue weighted by Gasteiger charge is -2.11. The van der Waals surface area contributed by atoms with E-state index < -0.39 is 0 Å². The van der Waals surface area contributed by atoms with E-state index in [0.717, 1.165) is 0 Å². The minimum absolute atomic E-state index is 0.0386. The van der Waals surface area contributed by atoms with Crippen LogP contribution in [0.2, 0.25) is 10.0 Å². The number of ether oxygens (including phenoxy) is 1. The van der Waals surface area contributed by atoms with Crippen LogP contribution < -0.4 is 20.7 Å². The monoisotopic (exact) mass is 395 g/mol. The van der Waals surface area contributed by atoms with Crippen molar-refractivity contribution in [3.05, 3.63) is 52.0 Å². The SMILES string of the molecule is COc1c(Cl)cc(C(=O)Nc2ccc(NC(=O)NC(C)C)cc2)cc1Cl. The lowest BCUT2D eigenvalue weighted by molar-refractivity contribution is 0.102. The highest BCUT2D eigenvalue weighted by atomic mass is 35.5. The Morgan fingerprint density at radius 2 is 1.46 bits per heavy atom. The quantitative estimate of drug-likeness (QED) is 0.680. The first kappa shape index (κ1) is 19.9. The van der Waals surface area contributed by atoms with Crippen molar-refractivity contribution in [1.29, 1.82) is 0 Å².